The number of ether oxygens (including phenoxy) is 1. The molecule has 0 bridgehead atoms. The van der Waals surface area contributed by atoms with Gasteiger partial charge in [0.2, 0.25) is 0 Å². The van der Waals surface area contributed by atoms with Gasteiger partial charge in [0.15, 0.2) is 0 Å². The van der Waals surface area contributed by atoms with Crippen molar-refractivity contribution in [3.05, 3.63) is 35.4 Å². The number of hydrogen-bond acceptors (Lipinski definition) is 3. The molecule has 0 aromatic heterocycles. The first-order chi connectivity index (χ1) is 11.0. The summed E-state index contributed by atoms with van der Waals surface area (Å²) in [5, 5.41) is 3.59. The summed E-state index contributed by atoms with van der Waals surface area (Å²) >= 11 is 1.93. The number of hydrogen-bond donors (Lipinski definition) is 1. The van der Waals surface area contributed by atoms with Crippen LogP contribution in [0.15, 0.2) is 24.3 Å². The van der Waals surface area contributed by atoms with E-state index in [9.17, 15) is 13.2 Å². The molecule has 23 heavy (non-hydrogen) atoms. The maximum absolute atomic E-state index is 13.0. The molecule has 0 spiro atoms. The summed E-state index contributed by atoms with van der Waals surface area (Å²) in [4.78, 5) is 0. The first-order valence-electron chi connectivity index (χ1n) is 8.06. The Balaban J connectivity index is 1.82. The van der Waals surface area contributed by atoms with E-state index in [1.165, 1.54) is 12.1 Å². The van der Waals surface area contributed by atoms with Gasteiger partial charge in [0.1, 0.15) is 0 Å². The van der Waals surface area contributed by atoms with Crippen LogP contribution in [0.25, 0.3) is 0 Å². The third-order valence-corrected chi connectivity index (χ3v) is 6.07. The standard InChI is InChI=1S/C17H22F3NOS/c18-17(19,20)14-3-1-2-13(10-14)16(5-7-22-8-6-16)12-21-15-4-9-23-11-15/h1-3,10,15,21H,4-9,11-12H2/t15-/m1/s1. The second-order valence-corrected chi connectivity index (χ2v) is 7.56. The third-order valence-electron chi connectivity index (χ3n) is 4.91. The normalized spacial score (nSPS) is 24.7. The molecule has 0 saturated carbocycles. The van der Waals surface area contributed by atoms with Gasteiger partial charge in [0.05, 0.1) is 5.56 Å². The largest absolute Gasteiger partial charge is 0.416 e. The van der Waals surface area contributed by atoms with E-state index in [-0.39, 0.29) is 5.41 Å². The number of halogens is 3. The molecule has 2 saturated heterocycles. The lowest BCUT2D eigenvalue weighted by molar-refractivity contribution is -0.137. The fourth-order valence-electron chi connectivity index (χ4n) is 3.39. The predicted molar refractivity (Wildman–Crippen MR) is 86.9 cm³/mol. The molecule has 3 rings (SSSR count). The smallest absolute Gasteiger partial charge is 0.381 e. The second-order valence-electron chi connectivity index (χ2n) is 6.41. The van der Waals surface area contributed by atoms with Crippen molar-refractivity contribution in [3.63, 3.8) is 0 Å². The van der Waals surface area contributed by atoms with Crippen molar-refractivity contribution < 1.29 is 17.9 Å². The van der Waals surface area contributed by atoms with E-state index in [1.54, 1.807) is 0 Å². The molecule has 0 radical (unpaired) electrons. The van der Waals surface area contributed by atoms with Gasteiger partial charge in [-0.25, -0.2) is 0 Å². The van der Waals surface area contributed by atoms with E-state index in [0.717, 1.165) is 48.9 Å². The van der Waals surface area contributed by atoms with Gasteiger partial charge in [-0.05, 0) is 36.6 Å². The molecule has 6 heteroatoms. The summed E-state index contributed by atoms with van der Waals surface area (Å²) in [6.07, 6.45) is -1.62. The zero-order valence-electron chi connectivity index (χ0n) is 13.0. The zero-order chi connectivity index (χ0) is 16.3. The first kappa shape index (κ1) is 17.1. The van der Waals surface area contributed by atoms with Crippen molar-refractivity contribution in [2.45, 2.75) is 36.9 Å². The Morgan fingerprint density at radius 3 is 2.70 bits per heavy atom. The molecule has 2 fully saturated rings. The lowest BCUT2D eigenvalue weighted by atomic mass is 9.73. The van der Waals surface area contributed by atoms with Crippen molar-refractivity contribution in [1.29, 1.82) is 0 Å². The number of alkyl halides is 3. The highest BCUT2D eigenvalue weighted by atomic mass is 32.2. The summed E-state index contributed by atoms with van der Waals surface area (Å²) in [6, 6.07) is 6.32. The van der Waals surface area contributed by atoms with Gasteiger partial charge >= 0.3 is 6.18 Å². The zero-order valence-corrected chi connectivity index (χ0v) is 13.8. The van der Waals surface area contributed by atoms with E-state index in [2.05, 4.69) is 5.32 Å². The topological polar surface area (TPSA) is 21.3 Å². The van der Waals surface area contributed by atoms with Crippen molar-refractivity contribution in [1.82, 2.24) is 5.32 Å². The van der Waals surface area contributed by atoms with Crippen LogP contribution in [0.3, 0.4) is 0 Å². The minimum atomic E-state index is -4.29. The molecule has 2 heterocycles. The van der Waals surface area contributed by atoms with Gasteiger partial charge in [-0.3, -0.25) is 0 Å². The van der Waals surface area contributed by atoms with Gasteiger partial charge in [-0.2, -0.15) is 24.9 Å². The number of rotatable bonds is 4. The highest BCUT2D eigenvalue weighted by molar-refractivity contribution is 7.99. The summed E-state index contributed by atoms with van der Waals surface area (Å²) in [5.41, 5.74) is -0.0293. The van der Waals surface area contributed by atoms with Crippen LogP contribution in [0, 0.1) is 0 Å². The van der Waals surface area contributed by atoms with Crippen LogP contribution in [-0.4, -0.2) is 37.3 Å². The lowest BCUT2D eigenvalue weighted by Gasteiger charge is -2.39. The van der Waals surface area contributed by atoms with E-state index >= 15 is 0 Å². The lowest BCUT2D eigenvalue weighted by Crippen LogP contribution is -2.46. The highest BCUT2D eigenvalue weighted by Crippen LogP contribution is 2.38. The maximum Gasteiger partial charge on any atom is 0.416 e. The summed E-state index contributed by atoms with van der Waals surface area (Å²) in [6.45, 7) is 1.94. The number of benzene rings is 1. The molecule has 2 nitrogen and oxygen atoms in total. The molecule has 2 aliphatic heterocycles. The van der Waals surface area contributed by atoms with Gasteiger partial charge in [0.25, 0.3) is 0 Å². The molecule has 1 N–H and O–H groups in total. The molecule has 0 aliphatic carbocycles. The average molecular weight is 345 g/mol. The van der Waals surface area contributed by atoms with Gasteiger partial charge in [0, 0.05) is 37.0 Å². The van der Waals surface area contributed by atoms with E-state index in [1.807, 2.05) is 17.8 Å². The van der Waals surface area contributed by atoms with Crippen molar-refractivity contribution >= 4 is 11.8 Å². The minimum absolute atomic E-state index is 0.257. The molecule has 1 atom stereocenters. The Morgan fingerprint density at radius 1 is 1.26 bits per heavy atom. The van der Waals surface area contributed by atoms with Crippen molar-refractivity contribution in [2.24, 2.45) is 0 Å². The SMILES string of the molecule is FC(F)(F)c1cccc(C2(CN[C@@H]3CCSC3)CCOCC2)c1. The van der Waals surface area contributed by atoms with Gasteiger partial charge in [-0.1, -0.05) is 18.2 Å². The Bertz CT molecular complexity index is 523. The highest BCUT2D eigenvalue weighted by Gasteiger charge is 2.37. The van der Waals surface area contributed by atoms with Crippen LogP contribution in [0.4, 0.5) is 13.2 Å². The van der Waals surface area contributed by atoms with Crippen LogP contribution < -0.4 is 5.32 Å². The first-order valence-corrected chi connectivity index (χ1v) is 9.22. The minimum Gasteiger partial charge on any atom is -0.381 e. The van der Waals surface area contributed by atoms with Crippen LogP contribution in [-0.2, 0) is 16.3 Å². The average Bonchev–Trinajstić information content (AvgIpc) is 3.07. The number of nitrogens with one attached hydrogen (secondary N) is 1. The molecule has 2 aliphatic rings. The van der Waals surface area contributed by atoms with Crippen molar-refractivity contribution in [2.75, 3.05) is 31.3 Å². The molecule has 128 valence electrons. The quantitative estimate of drug-likeness (QED) is 0.896. The summed E-state index contributed by atoms with van der Waals surface area (Å²) in [7, 11) is 0. The van der Waals surface area contributed by atoms with Crippen LogP contribution in [0.5, 0.6) is 0 Å². The van der Waals surface area contributed by atoms with E-state index in [0.29, 0.717) is 19.3 Å². The molecule has 0 unspecified atom stereocenters. The summed E-state index contributed by atoms with van der Waals surface area (Å²) in [5.74, 6) is 2.26. The van der Waals surface area contributed by atoms with Crippen LogP contribution in [0.1, 0.15) is 30.4 Å². The Kier molecular flexibility index (Phi) is 5.23. The van der Waals surface area contributed by atoms with Crippen LogP contribution >= 0.6 is 11.8 Å². The summed E-state index contributed by atoms with van der Waals surface area (Å²) < 4.78 is 44.6. The fourth-order valence-corrected chi connectivity index (χ4v) is 4.58. The van der Waals surface area contributed by atoms with Gasteiger partial charge < -0.3 is 10.1 Å². The van der Waals surface area contributed by atoms with Gasteiger partial charge in [-0.15, -0.1) is 0 Å². The van der Waals surface area contributed by atoms with Crippen LogP contribution in [0.2, 0.25) is 0 Å². The Hall–Kier alpha value is -0.720. The molecule has 1 aromatic carbocycles. The van der Waals surface area contributed by atoms with E-state index in [4.69, 9.17) is 4.74 Å². The molecule has 0 amide bonds. The fraction of sp³-hybridized carbons (Fsp3) is 0.647. The molecular weight excluding hydrogens is 323 g/mol. The Morgan fingerprint density at radius 2 is 2.04 bits per heavy atom. The molecule has 1 aromatic rings. The Labute approximate surface area is 139 Å². The molecular formula is C17H22F3NOS. The number of thioether (sulfide) groups is 1. The van der Waals surface area contributed by atoms with Crippen molar-refractivity contribution in [3.8, 4) is 0 Å². The second kappa shape index (κ2) is 7.03. The third kappa shape index (κ3) is 4.03. The van der Waals surface area contributed by atoms with E-state index < -0.39 is 11.7 Å². The monoisotopic (exact) mass is 345 g/mol. The maximum atomic E-state index is 13.0. The predicted octanol–water partition coefficient (Wildman–Crippen LogP) is 3.85.